The highest BCUT2D eigenvalue weighted by Crippen LogP contribution is 2.30. The largest absolute Gasteiger partial charge is 0.335 e. The molecule has 6 heteroatoms. The van der Waals surface area contributed by atoms with Crippen molar-refractivity contribution in [3.8, 4) is 0 Å². The fourth-order valence-corrected chi connectivity index (χ4v) is 3.84. The summed E-state index contributed by atoms with van der Waals surface area (Å²) in [5.41, 5.74) is 3.36. The molecule has 1 N–H and O–H groups in total. The van der Waals surface area contributed by atoms with Crippen molar-refractivity contribution in [2.45, 2.75) is 38.4 Å². The van der Waals surface area contributed by atoms with E-state index in [0.29, 0.717) is 0 Å². The second kappa shape index (κ2) is 6.02. The van der Waals surface area contributed by atoms with E-state index < -0.39 is 0 Å². The number of benzene rings is 1. The summed E-state index contributed by atoms with van der Waals surface area (Å²) in [5, 5.41) is 7.13. The zero-order valence-electron chi connectivity index (χ0n) is 13.7. The molecule has 1 fully saturated rings. The van der Waals surface area contributed by atoms with E-state index in [4.69, 9.17) is 0 Å². The van der Waals surface area contributed by atoms with Crippen LogP contribution in [-0.2, 0) is 17.8 Å². The first-order valence-electron chi connectivity index (χ1n) is 8.44. The highest BCUT2D eigenvalue weighted by molar-refractivity contribution is 5.84. The first kappa shape index (κ1) is 15.3. The zero-order valence-corrected chi connectivity index (χ0v) is 13.7. The minimum absolute atomic E-state index is 0.0302. The van der Waals surface area contributed by atoms with Crippen molar-refractivity contribution in [2.24, 2.45) is 0 Å². The van der Waals surface area contributed by atoms with Crippen molar-refractivity contribution in [3.05, 3.63) is 53.1 Å². The molecule has 3 heterocycles. The molecular formula is C18H21FN4O. The molecule has 2 aliphatic heterocycles. The fourth-order valence-electron chi connectivity index (χ4n) is 3.84. The maximum absolute atomic E-state index is 13.1. The Hall–Kier alpha value is -2.21. The number of hydrogen-bond acceptors (Lipinski definition) is 3. The summed E-state index contributed by atoms with van der Waals surface area (Å²) in [4.78, 5) is 17.1. The van der Waals surface area contributed by atoms with Crippen LogP contribution in [0, 0.1) is 5.82 Å². The Bertz CT molecular complexity index is 742. The number of carbonyl (C=O) groups is 1. The van der Waals surface area contributed by atoms with Gasteiger partial charge in [0.1, 0.15) is 5.82 Å². The molecule has 2 atom stereocenters. The van der Waals surface area contributed by atoms with Crippen LogP contribution in [0.4, 0.5) is 4.39 Å². The third kappa shape index (κ3) is 2.60. The SMILES string of the molecule is CC(c1ccc(F)cc1)N1CCC(N2CCc3[nH]ncc3C2)C1=O. The monoisotopic (exact) mass is 328 g/mol. The molecule has 2 aromatic rings. The predicted molar refractivity (Wildman–Crippen MR) is 87.6 cm³/mol. The van der Waals surface area contributed by atoms with Crippen LogP contribution in [0.3, 0.4) is 0 Å². The molecule has 0 bridgehead atoms. The number of nitrogens with one attached hydrogen (secondary N) is 1. The maximum Gasteiger partial charge on any atom is 0.240 e. The molecule has 1 amide bonds. The van der Waals surface area contributed by atoms with Crippen molar-refractivity contribution in [1.29, 1.82) is 0 Å². The number of hydrogen-bond donors (Lipinski definition) is 1. The summed E-state index contributed by atoms with van der Waals surface area (Å²) in [5.74, 6) is -0.0698. The Morgan fingerprint density at radius 3 is 2.88 bits per heavy atom. The fraction of sp³-hybridized carbons (Fsp3) is 0.444. The van der Waals surface area contributed by atoms with Crippen LogP contribution >= 0.6 is 0 Å². The quantitative estimate of drug-likeness (QED) is 0.940. The molecule has 1 aromatic heterocycles. The summed E-state index contributed by atoms with van der Waals surface area (Å²) in [6, 6.07) is 6.34. The lowest BCUT2D eigenvalue weighted by atomic mass is 10.1. The number of carbonyl (C=O) groups excluding carboxylic acids is 1. The van der Waals surface area contributed by atoms with E-state index in [1.54, 1.807) is 12.1 Å². The van der Waals surface area contributed by atoms with Gasteiger partial charge >= 0.3 is 0 Å². The van der Waals surface area contributed by atoms with E-state index in [-0.39, 0.29) is 23.8 Å². The lowest BCUT2D eigenvalue weighted by Gasteiger charge is -2.32. The van der Waals surface area contributed by atoms with E-state index in [9.17, 15) is 9.18 Å². The van der Waals surface area contributed by atoms with Gasteiger partial charge in [-0.3, -0.25) is 14.8 Å². The topological polar surface area (TPSA) is 52.2 Å². The molecule has 0 radical (unpaired) electrons. The van der Waals surface area contributed by atoms with Gasteiger partial charge in [0.15, 0.2) is 0 Å². The Labute approximate surface area is 140 Å². The number of fused-ring (bicyclic) bond motifs is 1. The van der Waals surface area contributed by atoms with Gasteiger partial charge in [0.05, 0.1) is 18.3 Å². The third-order valence-corrected chi connectivity index (χ3v) is 5.30. The highest BCUT2D eigenvalue weighted by Gasteiger charge is 2.39. The maximum atomic E-state index is 13.1. The normalized spacial score (nSPS) is 22.7. The molecule has 4 rings (SSSR count). The molecule has 1 saturated heterocycles. The number of aromatic nitrogens is 2. The van der Waals surface area contributed by atoms with Gasteiger partial charge in [-0.05, 0) is 31.0 Å². The first-order chi connectivity index (χ1) is 11.6. The number of amides is 1. The highest BCUT2D eigenvalue weighted by atomic mass is 19.1. The summed E-state index contributed by atoms with van der Waals surface area (Å²) in [7, 11) is 0. The smallest absolute Gasteiger partial charge is 0.240 e. The number of rotatable bonds is 3. The Balaban J connectivity index is 1.47. The number of nitrogens with zero attached hydrogens (tertiary/aromatic N) is 3. The van der Waals surface area contributed by atoms with Crippen molar-refractivity contribution < 1.29 is 9.18 Å². The summed E-state index contributed by atoms with van der Waals surface area (Å²) in [6.45, 7) is 4.42. The zero-order chi connectivity index (χ0) is 16.7. The van der Waals surface area contributed by atoms with Gasteiger partial charge in [0, 0.05) is 37.3 Å². The average molecular weight is 328 g/mol. The summed E-state index contributed by atoms with van der Waals surface area (Å²) < 4.78 is 13.1. The van der Waals surface area contributed by atoms with Crippen LogP contribution < -0.4 is 0 Å². The number of H-pyrrole nitrogens is 1. The second-order valence-electron chi connectivity index (χ2n) is 6.66. The van der Waals surface area contributed by atoms with Gasteiger partial charge in [-0.25, -0.2) is 4.39 Å². The molecular weight excluding hydrogens is 307 g/mol. The molecule has 2 unspecified atom stereocenters. The minimum Gasteiger partial charge on any atom is -0.335 e. The lowest BCUT2D eigenvalue weighted by Crippen LogP contribution is -2.44. The summed E-state index contributed by atoms with van der Waals surface area (Å²) >= 11 is 0. The van der Waals surface area contributed by atoms with E-state index in [0.717, 1.165) is 38.0 Å². The van der Waals surface area contributed by atoms with E-state index in [2.05, 4.69) is 15.1 Å². The van der Waals surface area contributed by atoms with E-state index >= 15 is 0 Å². The standard InChI is InChI=1S/C18H21FN4O/c1-12(13-2-4-15(19)5-3-13)23-9-7-17(18(23)24)22-8-6-16-14(11-22)10-20-21-16/h2-5,10,12,17H,6-9,11H2,1H3,(H,20,21). The van der Waals surface area contributed by atoms with Crippen molar-refractivity contribution in [3.63, 3.8) is 0 Å². The van der Waals surface area contributed by atoms with Gasteiger partial charge < -0.3 is 4.90 Å². The lowest BCUT2D eigenvalue weighted by molar-refractivity contribution is -0.134. The first-order valence-corrected chi connectivity index (χ1v) is 8.44. The van der Waals surface area contributed by atoms with Crippen molar-refractivity contribution >= 4 is 5.91 Å². The van der Waals surface area contributed by atoms with Crippen molar-refractivity contribution in [2.75, 3.05) is 13.1 Å². The van der Waals surface area contributed by atoms with Gasteiger partial charge in [0.2, 0.25) is 5.91 Å². The molecule has 2 aliphatic rings. The van der Waals surface area contributed by atoms with Crippen LogP contribution in [-0.4, -0.2) is 45.0 Å². The number of halogens is 1. The van der Waals surface area contributed by atoms with Gasteiger partial charge in [-0.15, -0.1) is 0 Å². The second-order valence-corrected chi connectivity index (χ2v) is 6.66. The molecule has 0 aliphatic carbocycles. The van der Waals surface area contributed by atoms with Crippen LogP contribution in [0.1, 0.15) is 36.2 Å². The number of likely N-dealkylation sites (tertiary alicyclic amines) is 1. The molecule has 126 valence electrons. The van der Waals surface area contributed by atoms with Crippen LogP contribution in [0.15, 0.2) is 30.5 Å². The van der Waals surface area contributed by atoms with E-state index in [1.807, 2.05) is 18.0 Å². The van der Waals surface area contributed by atoms with Gasteiger partial charge in [-0.2, -0.15) is 5.10 Å². The Morgan fingerprint density at radius 1 is 1.29 bits per heavy atom. The Morgan fingerprint density at radius 2 is 2.08 bits per heavy atom. The number of aromatic amines is 1. The molecule has 5 nitrogen and oxygen atoms in total. The van der Waals surface area contributed by atoms with Gasteiger partial charge in [-0.1, -0.05) is 12.1 Å². The van der Waals surface area contributed by atoms with Crippen LogP contribution in [0.25, 0.3) is 0 Å². The molecule has 0 saturated carbocycles. The van der Waals surface area contributed by atoms with E-state index in [1.165, 1.54) is 23.4 Å². The molecule has 0 spiro atoms. The summed E-state index contributed by atoms with van der Waals surface area (Å²) in [6.07, 6.45) is 3.62. The van der Waals surface area contributed by atoms with Crippen LogP contribution in [0.2, 0.25) is 0 Å². The molecule has 24 heavy (non-hydrogen) atoms. The minimum atomic E-state index is -0.249. The van der Waals surface area contributed by atoms with Gasteiger partial charge in [0.25, 0.3) is 0 Å². The van der Waals surface area contributed by atoms with Crippen molar-refractivity contribution in [1.82, 2.24) is 20.0 Å². The average Bonchev–Trinajstić information content (AvgIpc) is 3.20. The van der Waals surface area contributed by atoms with Crippen LogP contribution in [0.5, 0.6) is 0 Å². The molecule has 1 aromatic carbocycles. The predicted octanol–water partition coefficient (Wildman–Crippen LogP) is 2.27. The Kier molecular flexibility index (Phi) is 3.84. The third-order valence-electron chi connectivity index (χ3n) is 5.30.